The van der Waals surface area contributed by atoms with Crippen LogP contribution < -0.4 is 0 Å². The van der Waals surface area contributed by atoms with Crippen molar-refractivity contribution >= 4 is 37.6 Å². The number of alkyl halides is 2. The van der Waals surface area contributed by atoms with E-state index in [1.54, 1.807) is 6.08 Å². The zero-order valence-electron chi connectivity index (χ0n) is 11.6. The first-order chi connectivity index (χ1) is 8.15. The Morgan fingerprint density at radius 3 is 2.56 bits per heavy atom. The van der Waals surface area contributed by atoms with Crippen molar-refractivity contribution in [3.05, 3.63) is 23.8 Å². The van der Waals surface area contributed by atoms with Crippen molar-refractivity contribution in [1.29, 1.82) is 0 Å². The fourth-order valence-corrected chi connectivity index (χ4v) is 2.67. The smallest absolute Gasteiger partial charge is 0.172 e. The lowest BCUT2D eigenvalue weighted by Crippen LogP contribution is -2.36. The molecule has 0 spiro atoms. The first-order valence-electron chi connectivity index (χ1n) is 6.37. The maximum absolute atomic E-state index is 12.3. The highest BCUT2D eigenvalue weighted by Crippen LogP contribution is 2.35. The molecule has 0 saturated heterocycles. The van der Waals surface area contributed by atoms with Crippen LogP contribution in [-0.2, 0) is 4.79 Å². The van der Waals surface area contributed by atoms with Crippen molar-refractivity contribution < 1.29 is 4.79 Å². The molecule has 0 radical (unpaired) electrons. The van der Waals surface area contributed by atoms with Crippen molar-refractivity contribution in [2.45, 2.75) is 56.1 Å². The number of carbonyl (C=O) groups is 1. The second kappa shape index (κ2) is 6.04. The van der Waals surface area contributed by atoms with Crippen LogP contribution in [0.2, 0.25) is 0 Å². The molecule has 2 unspecified atom stereocenters. The van der Waals surface area contributed by atoms with Crippen LogP contribution in [0.15, 0.2) is 23.8 Å². The summed E-state index contributed by atoms with van der Waals surface area (Å²) in [4.78, 5) is 12.4. The van der Waals surface area contributed by atoms with Crippen molar-refractivity contribution in [3.8, 4) is 0 Å². The minimum absolute atomic E-state index is 0.0339. The summed E-state index contributed by atoms with van der Waals surface area (Å²) < 4.78 is -0.524. The Labute approximate surface area is 127 Å². The van der Waals surface area contributed by atoms with E-state index in [0.717, 1.165) is 19.3 Å². The van der Waals surface area contributed by atoms with E-state index in [-0.39, 0.29) is 16.0 Å². The zero-order chi connectivity index (χ0) is 14.0. The van der Waals surface area contributed by atoms with Gasteiger partial charge in [0.1, 0.15) is 0 Å². The molecule has 0 saturated carbocycles. The number of hydrogen-bond donors (Lipinski definition) is 0. The summed E-state index contributed by atoms with van der Waals surface area (Å²) >= 11 is 7.23. The standard InChI is InChI=1S/C15H22Br2O/c1-11-5-6-12(16)15(4,17)13(18)8-10-14(2,3)9-7-11/h7-8,10,12H,5-6,9H2,1-4H3/b10-8+,11-7+. The molecule has 0 aromatic carbocycles. The number of rotatable bonds is 0. The van der Waals surface area contributed by atoms with E-state index in [4.69, 9.17) is 0 Å². The van der Waals surface area contributed by atoms with Gasteiger partial charge in [-0.15, -0.1) is 0 Å². The van der Waals surface area contributed by atoms with Gasteiger partial charge in [-0.05, 0) is 44.6 Å². The Balaban J connectivity index is 3.05. The van der Waals surface area contributed by atoms with Gasteiger partial charge in [0.15, 0.2) is 5.78 Å². The number of hydrogen-bond acceptors (Lipinski definition) is 1. The molecule has 1 nitrogen and oxygen atoms in total. The highest BCUT2D eigenvalue weighted by Gasteiger charge is 2.35. The Kier molecular flexibility index (Phi) is 5.43. The molecule has 2 atom stereocenters. The molecule has 0 N–H and O–H groups in total. The van der Waals surface area contributed by atoms with Crippen LogP contribution in [0.25, 0.3) is 0 Å². The Morgan fingerprint density at radius 2 is 1.94 bits per heavy atom. The summed E-state index contributed by atoms with van der Waals surface area (Å²) in [6.07, 6.45) is 9.03. The second-order valence-corrected chi connectivity index (χ2v) is 8.78. The largest absolute Gasteiger partial charge is 0.293 e. The van der Waals surface area contributed by atoms with Crippen LogP contribution >= 0.6 is 31.9 Å². The van der Waals surface area contributed by atoms with Gasteiger partial charge in [0, 0.05) is 4.83 Å². The number of carbonyl (C=O) groups excluding carboxylic acids is 1. The van der Waals surface area contributed by atoms with Gasteiger partial charge in [0.2, 0.25) is 0 Å². The molecule has 1 aliphatic rings. The molecule has 0 bridgehead atoms. The fourth-order valence-electron chi connectivity index (χ4n) is 1.85. The molecule has 0 aromatic heterocycles. The molecular formula is C15H22Br2O. The Bertz CT molecular complexity index is 378. The second-order valence-electron chi connectivity index (χ2n) is 6.02. The maximum Gasteiger partial charge on any atom is 0.172 e. The first kappa shape index (κ1) is 16.2. The average Bonchev–Trinajstić information content (AvgIpc) is 2.30. The quantitative estimate of drug-likeness (QED) is 0.419. The third-order valence-corrected chi connectivity index (χ3v) is 6.46. The molecule has 102 valence electrons. The third kappa shape index (κ3) is 4.34. The molecule has 1 aliphatic carbocycles. The molecule has 0 aromatic rings. The summed E-state index contributed by atoms with van der Waals surface area (Å²) in [5.74, 6) is 0.136. The van der Waals surface area contributed by atoms with Gasteiger partial charge in [0.25, 0.3) is 0 Å². The monoisotopic (exact) mass is 376 g/mol. The Hall–Kier alpha value is 0.110. The lowest BCUT2D eigenvalue weighted by molar-refractivity contribution is -0.116. The van der Waals surface area contributed by atoms with Gasteiger partial charge in [-0.2, -0.15) is 0 Å². The molecular weight excluding hydrogens is 356 g/mol. The van der Waals surface area contributed by atoms with E-state index in [1.807, 2.05) is 13.0 Å². The Morgan fingerprint density at radius 1 is 1.33 bits per heavy atom. The maximum atomic E-state index is 12.3. The first-order valence-corrected chi connectivity index (χ1v) is 8.08. The minimum Gasteiger partial charge on any atom is -0.293 e. The van der Waals surface area contributed by atoms with Gasteiger partial charge in [0.05, 0.1) is 4.32 Å². The van der Waals surface area contributed by atoms with Crippen LogP contribution in [0, 0.1) is 5.41 Å². The zero-order valence-corrected chi connectivity index (χ0v) is 14.8. The third-order valence-electron chi connectivity index (χ3n) is 3.52. The molecule has 0 heterocycles. The summed E-state index contributed by atoms with van der Waals surface area (Å²) in [5, 5.41) is 0. The van der Waals surface area contributed by atoms with Crippen LogP contribution in [0.5, 0.6) is 0 Å². The van der Waals surface area contributed by atoms with E-state index < -0.39 is 4.32 Å². The average molecular weight is 378 g/mol. The van der Waals surface area contributed by atoms with Crippen molar-refractivity contribution in [2.24, 2.45) is 5.41 Å². The summed E-state index contributed by atoms with van der Waals surface area (Å²) in [6.45, 7) is 8.44. The van der Waals surface area contributed by atoms with Crippen molar-refractivity contribution in [2.75, 3.05) is 0 Å². The lowest BCUT2D eigenvalue weighted by Gasteiger charge is -2.26. The molecule has 18 heavy (non-hydrogen) atoms. The van der Waals surface area contributed by atoms with Crippen LogP contribution in [0.4, 0.5) is 0 Å². The van der Waals surface area contributed by atoms with Gasteiger partial charge >= 0.3 is 0 Å². The van der Waals surface area contributed by atoms with Gasteiger partial charge in [-0.1, -0.05) is 63.4 Å². The number of halogens is 2. The van der Waals surface area contributed by atoms with Gasteiger partial charge in [-0.3, -0.25) is 4.79 Å². The topological polar surface area (TPSA) is 17.1 Å². The minimum atomic E-state index is -0.524. The molecule has 1 rings (SSSR count). The van der Waals surface area contributed by atoms with Crippen LogP contribution in [-0.4, -0.2) is 14.9 Å². The van der Waals surface area contributed by atoms with E-state index >= 15 is 0 Å². The highest BCUT2D eigenvalue weighted by molar-refractivity contribution is 9.12. The highest BCUT2D eigenvalue weighted by atomic mass is 79.9. The molecule has 0 amide bonds. The van der Waals surface area contributed by atoms with Crippen molar-refractivity contribution in [1.82, 2.24) is 0 Å². The van der Waals surface area contributed by atoms with E-state index in [9.17, 15) is 4.79 Å². The van der Waals surface area contributed by atoms with Gasteiger partial charge < -0.3 is 0 Å². The normalized spacial score (nSPS) is 38.4. The predicted molar refractivity (Wildman–Crippen MR) is 85.6 cm³/mol. The summed E-state index contributed by atoms with van der Waals surface area (Å²) in [7, 11) is 0. The van der Waals surface area contributed by atoms with Gasteiger partial charge in [-0.25, -0.2) is 0 Å². The van der Waals surface area contributed by atoms with Crippen LogP contribution in [0.1, 0.15) is 47.0 Å². The molecule has 0 aliphatic heterocycles. The van der Waals surface area contributed by atoms with Crippen LogP contribution in [0.3, 0.4) is 0 Å². The van der Waals surface area contributed by atoms with E-state index in [1.165, 1.54) is 5.57 Å². The number of allylic oxidation sites excluding steroid dienone is 4. The van der Waals surface area contributed by atoms with E-state index in [0.29, 0.717) is 0 Å². The summed E-state index contributed by atoms with van der Waals surface area (Å²) in [6, 6.07) is 0. The predicted octanol–water partition coefficient (Wildman–Crippen LogP) is 5.19. The SMILES string of the molecule is C/C1=C\CC(C)(C)/C=C/C(=O)C(C)(Br)C(Br)CC1. The fraction of sp³-hybridized carbons (Fsp3) is 0.667. The lowest BCUT2D eigenvalue weighted by atomic mass is 9.87. The number of ketones is 1. The van der Waals surface area contributed by atoms with E-state index in [2.05, 4.69) is 58.7 Å². The van der Waals surface area contributed by atoms with Crippen molar-refractivity contribution in [3.63, 3.8) is 0 Å². The molecule has 3 heteroatoms. The molecule has 0 fully saturated rings. The summed E-state index contributed by atoms with van der Waals surface area (Å²) in [5.41, 5.74) is 1.44.